The molecule has 8 heteroatoms. The number of urea groups is 1. The van der Waals surface area contributed by atoms with Crippen LogP contribution in [0.5, 0.6) is 0 Å². The van der Waals surface area contributed by atoms with Crippen LogP contribution in [-0.4, -0.2) is 33.1 Å². The summed E-state index contributed by atoms with van der Waals surface area (Å²) in [5.41, 5.74) is 2.98. The van der Waals surface area contributed by atoms with Crippen molar-refractivity contribution in [1.29, 1.82) is 0 Å². The van der Waals surface area contributed by atoms with Crippen molar-refractivity contribution in [3.8, 4) is 11.1 Å². The van der Waals surface area contributed by atoms with Gasteiger partial charge in [-0.1, -0.05) is 48.0 Å². The molecule has 2 aromatic heterocycles. The second-order valence-corrected chi connectivity index (χ2v) is 11.4. The van der Waals surface area contributed by atoms with Crippen LogP contribution in [0, 0.1) is 5.92 Å². The van der Waals surface area contributed by atoms with Gasteiger partial charge in [-0.2, -0.15) is 0 Å². The Labute approximate surface area is 231 Å². The molecule has 2 aliphatic rings. The number of hydrogen-bond donors (Lipinski definition) is 2. The highest BCUT2D eigenvalue weighted by atomic mass is 35.5. The zero-order chi connectivity index (χ0) is 27.3. The van der Waals surface area contributed by atoms with E-state index < -0.39 is 11.6 Å². The van der Waals surface area contributed by atoms with Crippen molar-refractivity contribution in [3.63, 3.8) is 0 Å². The van der Waals surface area contributed by atoms with Gasteiger partial charge in [-0.3, -0.25) is 14.8 Å². The fourth-order valence-corrected chi connectivity index (χ4v) is 6.34. The lowest BCUT2D eigenvalue weighted by atomic mass is 9.72. The highest BCUT2D eigenvalue weighted by molar-refractivity contribution is 6.32. The normalized spacial score (nSPS) is 21.5. The summed E-state index contributed by atoms with van der Waals surface area (Å²) in [5.74, 6) is -0.481. The minimum Gasteiger partial charge on any atom is -0.386 e. The van der Waals surface area contributed by atoms with Crippen LogP contribution in [0.25, 0.3) is 21.9 Å². The number of halogens is 1. The Balaban J connectivity index is 1.31. The van der Waals surface area contributed by atoms with Gasteiger partial charge < -0.3 is 10.4 Å². The summed E-state index contributed by atoms with van der Waals surface area (Å²) in [5, 5.41) is 16.0. The van der Waals surface area contributed by atoms with Crippen molar-refractivity contribution in [3.05, 3.63) is 89.5 Å². The molecule has 2 N–H and O–H groups in total. The standard InChI is InChI=1S/C31H29ClN4O3/c1-31(2,39)21-12-20(15-33-16-21)23-8-5-9-25(32)28(23)18-10-11-24-26(13-18)35-30(38)36(29(24)37)27-17-34-14-19-6-3-4-7-22(19)27/h3-9,12,14-18,24,26,39H,10-11,13H2,1-2H3,(H,35,38). The van der Waals surface area contributed by atoms with Crippen LogP contribution in [-0.2, 0) is 10.4 Å². The van der Waals surface area contributed by atoms with Gasteiger partial charge in [0, 0.05) is 51.6 Å². The van der Waals surface area contributed by atoms with E-state index in [1.165, 1.54) is 4.90 Å². The van der Waals surface area contributed by atoms with Gasteiger partial charge in [-0.15, -0.1) is 0 Å². The van der Waals surface area contributed by atoms with Crippen molar-refractivity contribution < 1.29 is 14.7 Å². The van der Waals surface area contributed by atoms with E-state index in [0.29, 0.717) is 29.1 Å². The third-order valence-electron chi connectivity index (χ3n) is 8.00. The molecule has 0 bridgehead atoms. The molecule has 3 atom stereocenters. The number of pyridine rings is 2. The molecule has 4 aromatic rings. The lowest BCUT2D eigenvalue weighted by molar-refractivity contribution is -0.124. The minimum absolute atomic E-state index is 0.0413. The summed E-state index contributed by atoms with van der Waals surface area (Å²) < 4.78 is 0. The summed E-state index contributed by atoms with van der Waals surface area (Å²) in [7, 11) is 0. The molecule has 3 heterocycles. The number of hydrogen-bond acceptors (Lipinski definition) is 5. The van der Waals surface area contributed by atoms with Crippen LogP contribution < -0.4 is 10.2 Å². The van der Waals surface area contributed by atoms with Gasteiger partial charge in [-0.25, -0.2) is 9.69 Å². The van der Waals surface area contributed by atoms with Crippen LogP contribution in [0.2, 0.25) is 5.02 Å². The third kappa shape index (κ3) is 4.56. The van der Waals surface area contributed by atoms with E-state index in [9.17, 15) is 14.7 Å². The SMILES string of the molecule is CC(C)(O)c1cncc(-c2cccc(Cl)c2C2CCC3C(=O)N(c4cncc5ccccc45)C(=O)NC3C2)c1. The lowest BCUT2D eigenvalue weighted by Gasteiger charge is -2.43. The van der Waals surface area contributed by atoms with Gasteiger partial charge in [0.25, 0.3) is 0 Å². The van der Waals surface area contributed by atoms with Crippen molar-refractivity contribution >= 4 is 40.0 Å². The Morgan fingerprint density at radius 3 is 2.62 bits per heavy atom. The fraction of sp³-hybridized carbons (Fsp3) is 0.290. The van der Waals surface area contributed by atoms with Gasteiger partial charge >= 0.3 is 6.03 Å². The smallest absolute Gasteiger partial charge is 0.329 e. The highest BCUT2D eigenvalue weighted by Crippen LogP contribution is 2.45. The lowest BCUT2D eigenvalue weighted by Crippen LogP contribution is -2.61. The van der Waals surface area contributed by atoms with Crippen LogP contribution >= 0.6 is 11.6 Å². The summed E-state index contributed by atoms with van der Waals surface area (Å²) in [4.78, 5) is 37.0. The molecular formula is C31H29ClN4O3. The maximum Gasteiger partial charge on any atom is 0.329 e. The summed E-state index contributed by atoms with van der Waals surface area (Å²) >= 11 is 6.79. The Morgan fingerprint density at radius 1 is 1.00 bits per heavy atom. The van der Waals surface area contributed by atoms with Crippen molar-refractivity contribution in [1.82, 2.24) is 15.3 Å². The second-order valence-electron chi connectivity index (χ2n) is 10.9. The molecule has 1 saturated carbocycles. The average Bonchev–Trinajstić information content (AvgIpc) is 2.92. The number of aromatic nitrogens is 2. The molecule has 3 amide bonds. The number of nitrogens with zero attached hydrogens (tertiary/aromatic N) is 3. The van der Waals surface area contributed by atoms with Gasteiger partial charge in [0.1, 0.15) is 0 Å². The molecule has 0 spiro atoms. The zero-order valence-electron chi connectivity index (χ0n) is 21.8. The predicted molar refractivity (Wildman–Crippen MR) is 152 cm³/mol. The van der Waals surface area contributed by atoms with E-state index in [1.54, 1.807) is 38.6 Å². The van der Waals surface area contributed by atoms with E-state index >= 15 is 0 Å². The number of benzene rings is 2. The second kappa shape index (κ2) is 9.74. The first-order valence-electron chi connectivity index (χ1n) is 13.2. The number of fused-ring (bicyclic) bond motifs is 2. The number of carbonyl (C=O) groups excluding carboxylic acids is 2. The zero-order valence-corrected chi connectivity index (χ0v) is 22.5. The Hall–Kier alpha value is -3.81. The molecule has 1 saturated heterocycles. The van der Waals surface area contributed by atoms with Crippen LogP contribution in [0.3, 0.4) is 0 Å². The molecule has 6 rings (SSSR count). The number of rotatable bonds is 4. The fourth-order valence-electron chi connectivity index (χ4n) is 6.01. The first-order valence-corrected chi connectivity index (χ1v) is 13.5. The van der Waals surface area contributed by atoms with Gasteiger partial charge in [-0.05, 0) is 62.3 Å². The average molecular weight is 541 g/mol. The van der Waals surface area contributed by atoms with Crippen LogP contribution in [0.4, 0.5) is 10.5 Å². The van der Waals surface area contributed by atoms with Crippen molar-refractivity contribution in [2.45, 2.75) is 50.7 Å². The molecule has 7 nitrogen and oxygen atoms in total. The number of carbonyl (C=O) groups is 2. The van der Waals surface area contributed by atoms with Gasteiger partial charge in [0.05, 0.1) is 23.4 Å². The molecule has 2 fully saturated rings. The van der Waals surface area contributed by atoms with Crippen molar-refractivity contribution in [2.75, 3.05) is 4.90 Å². The van der Waals surface area contributed by atoms with E-state index in [0.717, 1.165) is 33.9 Å². The van der Waals surface area contributed by atoms with Gasteiger partial charge in [0.15, 0.2) is 0 Å². The number of anilines is 1. The molecule has 0 radical (unpaired) electrons. The van der Waals surface area contributed by atoms with Crippen LogP contribution in [0.15, 0.2) is 73.3 Å². The predicted octanol–water partition coefficient (Wildman–Crippen LogP) is 6.19. The van der Waals surface area contributed by atoms with Crippen LogP contribution in [0.1, 0.15) is 50.2 Å². The molecule has 1 aliphatic heterocycles. The first kappa shape index (κ1) is 25.5. The molecular weight excluding hydrogens is 512 g/mol. The van der Waals surface area contributed by atoms with Crippen molar-refractivity contribution in [2.24, 2.45) is 5.92 Å². The Morgan fingerprint density at radius 2 is 1.79 bits per heavy atom. The number of aliphatic hydroxyl groups is 1. The summed E-state index contributed by atoms with van der Waals surface area (Å²) in [6.07, 6.45) is 8.72. The molecule has 198 valence electrons. The number of amides is 3. The Kier molecular flexibility index (Phi) is 6.36. The number of nitrogens with one attached hydrogen (secondary N) is 1. The van der Waals surface area contributed by atoms with E-state index in [-0.39, 0.29) is 23.8 Å². The highest BCUT2D eigenvalue weighted by Gasteiger charge is 2.46. The largest absolute Gasteiger partial charge is 0.386 e. The quantitative estimate of drug-likeness (QED) is 0.322. The molecule has 2 aromatic carbocycles. The van der Waals surface area contributed by atoms with Gasteiger partial charge in [0.2, 0.25) is 5.91 Å². The Bertz CT molecular complexity index is 1590. The first-order chi connectivity index (χ1) is 18.7. The summed E-state index contributed by atoms with van der Waals surface area (Å²) in [6.45, 7) is 3.46. The van der Waals surface area contributed by atoms with E-state index in [4.69, 9.17) is 11.6 Å². The van der Waals surface area contributed by atoms with E-state index in [1.807, 2.05) is 48.5 Å². The summed E-state index contributed by atoms with van der Waals surface area (Å²) in [6, 6.07) is 14.6. The number of imide groups is 1. The molecule has 39 heavy (non-hydrogen) atoms. The topological polar surface area (TPSA) is 95.4 Å². The third-order valence-corrected chi connectivity index (χ3v) is 8.33. The minimum atomic E-state index is -1.03. The molecule has 3 unspecified atom stereocenters. The molecule has 1 aliphatic carbocycles. The maximum atomic E-state index is 13.7. The monoisotopic (exact) mass is 540 g/mol. The van der Waals surface area contributed by atoms with E-state index in [2.05, 4.69) is 15.3 Å². The maximum absolute atomic E-state index is 13.7.